The van der Waals surface area contributed by atoms with Crippen molar-refractivity contribution in [1.82, 2.24) is 10.6 Å². The molecule has 5 aliphatic heterocycles. The molecule has 10 atom stereocenters. The number of aliphatic imine (C=N–C) groups is 3. The lowest BCUT2D eigenvalue weighted by Gasteiger charge is -2.48. The van der Waals surface area contributed by atoms with Gasteiger partial charge in [-0.25, -0.2) is 0 Å². The number of carbonyl (C=O) groups excluding carboxylic acids is 7. The van der Waals surface area contributed by atoms with E-state index >= 15 is 0 Å². The lowest BCUT2D eigenvalue weighted by Crippen LogP contribution is -2.56. The maximum absolute atomic E-state index is 13.5. The summed E-state index contributed by atoms with van der Waals surface area (Å²) in [4.78, 5) is 108. The van der Waals surface area contributed by atoms with Gasteiger partial charge in [-0.1, -0.05) is 34.6 Å². The SMILES string of the molecule is C/C1=C2N=C(/C=C3\N/C(=C(/C)C4=N[C@](C)(C5N=C1[C@](C)(CCC(=O)NCC(C)O)[C@H]5CC(N)=O)[C@@](C)(CC(N)=O)[C@@H]4CCC(N)=O)[C@@](C)(CC(N)=O)[C@@H]3CCC(N)=O)C(C)(C)[C@@H]/2CCC(N)=O. The third kappa shape index (κ3) is 9.84. The Balaban J connectivity index is 2.00. The van der Waals surface area contributed by atoms with Gasteiger partial charge in [0.1, 0.15) is 0 Å². The summed E-state index contributed by atoms with van der Waals surface area (Å²) >= 11 is 0. The fourth-order valence-electron chi connectivity index (χ4n) is 12.3. The van der Waals surface area contributed by atoms with Crippen molar-refractivity contribution in [1.29, 1.82) is 0 Å². The lowest BCUT2D eigenvalue weighted by molar-refractivity contribution is -0.124. The van der Waals surface area contributed by atoms with E-state index in [2.05, 4.69) is 10.6 Å². The van der Waals surface area contributed by atoms with Crippen LogP contribution in [0.5, 0.6) is 0 Å². The number of nitrogens with one attached hydrogen (secondary N) is 2. The van der Waals surface area contributed by atoms with Crippen LogP contribution in [0.1, 0.15) is 133 Å². The number of aliphatic hydroxyl groups is 1. The fourth-order valence-corrected chi connectivity index (χ4v) is 12.3. The molecule has 368 valence electrons. The van der Waals surface area contributed by atoms with Crippen molar-refractivity contribution >= 4 is 58.5 Å². The van der Waals surface area contributed by atoms with E-state index in [0.29, 0.717) is 51.8 Å². The Morgan fingerprint density at radius 3 is 1.81 bits per heavy atom. The van der Waals surface area contributed by atoms with Gasteiger partial charge in [0.15, 0.2) is 0 Å². The number of aliphatic hydroxyl groups excluding tert-OH is 1. The van der Waals surface area contributed by atoms with E-state index in [-0.39, 0.29) is 76.7 Å². The van der Waals surface area contributed by atoms with Crippen LogP contribution in [0.4, 0.5) is 0 Å². The molecule has 0 aromatic carbocycles. The Labute approximate surface area is 393 Å². The van der Waals surface area contributed by atoms with Crippen LogP contribution in [0.25, 0.3) is 0 Å². The first-order valence-electron chi connectivity index (χ1n) is 23.3. The van der Waals surface area contributed by atoms with E-state index in [1.165, 1.54) is 0 Å². The van der Waals surface area contributed by atoms with Gasteiger partial charge in [-0.3, -0.25) is 48.5 Å². The van der Waals surface area contributed by atoms with Crippen LogP contribution in [-0.4, -0.2) is 87.8 Å². The second-order valence-electron chi connectivity index (χ2n) is 21.2. The van der Waals surface area contributed by atoms with Crippen LogP contribution >= 0.6 is 0 Å². The molecule has 5 rings (SSSR count). The number of fused-ring (bicyclic) bond motifs is 6. The van der Waals surface area contributed by atoms with Crippen molar-refractivity contribution in [2.24, 2.45) is 94.7 Å². The second-order valence-corrected chi connectivity index (χ2v) is 21.2. The van der Waals surface area contributed by atoms with Crippen molar-refractivity contribution in [2.45, 2.75) is 151 Å². The predicted molar refractivity (Wildman–Crippen MR) is 254 cm³/mol. The van der Waals surface area contributed by atoms with E-state index in [1.54, 1.807) is 6.92 Å². The molecule has 0 saturated carbocycles. The average Bonchev–Trinajstić information content (AvgIpc) is 3.80. The number of hydrogen-bond donors (Lipinski definition) is 9. The van der Waals surface area contributed by atoms with Gasteiger partial charge < -0.3 is 50.1 Å². The highest BCUT2D eigenvalue weighted by molar-refractivity contribution is 6.10. The molecule has 0 spiro atoms. The first-order valence-corrected chi connectivity index (χ1v) is 23.3. The number of allylic oxidation sites excluding steroid dienone is 6. The summed E-state index contributed by atoms with van der Waals surface area (Å²) in [5.74, 6) is -6.25. The van der Waals surface area contributed by atoms with Crippen LogP contribution < -0.4 is 45.0 Å². The topological polar surface area (TPSA) is 357 Å². The molecule has 2 unspecified atom stereocenters. The lowest BCUT2D eigenvalue weighted by atomic mass is 9.55. The van der Waals surface area contributed by atoms with Crippen LogP contribution in [0.2, 0.25) is 0 Å². The van der Waals surface area contributed by atoms with E-state index < -0.39 is 98.5 Å². The van der Waals surface area contributed by atoms with Crippen molar-refractivity contribution < 1.29 is 38.7 Å². The highest BCUT2D eigenvalue weighted by Crippen LogP contribution is 2.62. The normalized spacial score (nSPS) is 35.2. The zero-order chi connectivity index (χ0) is 50.4. The van der Waals surface area contributed by atoms with E-state index in [4.69, 9.17) is 49.4 Å². The minimum Gasteiger partial charge on any atom is -0.392 e. The molecule has 8 bridgehead atoms. The average molecular weight is 932 g/mol. The van der Waals surface area contributed by atoms with Gasteiger partial charge in [-0.15, -0.1) is 0 Å². The number of nitrogens with two attached hydrogens (primary N) is 6. The number of primary amides is 6. The summed E-state index contributed by atoms with van der Waals surface area (Å²) < 4.78 is 0. The fraction of sp³-hybridized carbons (Fsp3) is 0.667. The molecule has 7 amide bonds. The van der Waals surface area contributed by atoms with E-state index in [0.717, 1.165) is 0 Å². The number of carbonyl (C=O) groups is 7. The molecular formula is C48H73N11O8. The van der Waals surface area contributed by atoms with Crippen molar-refractivity contribution in [3.05, 3.63) is 34.3 Å². The third-order valence-corrected chi connectivity index (χ3v) is 16.1. The summed E-state index contributed by atoms with van der Waals surface area (Å²) in [6, 6.07) is -0.913. The van der Waals surface area contributed by atoms with Gasteiger partial charge in [0.2, 0.25) is 41.4 Å². The van der Waals surface area contributed by atoms with Crippen LogP contribution in [0, 0.1) is 45.3 Å². The number of amides is 7. The molecule has 5 heterocycles. The Bertz CT molecular complexity index is 2310. The third-order valence-electron chi connectivity index (χ3n) is 16.1. The van der Waals surface area contributed by atoms with Crippen molar-refractivity contribution in [3.63, 3.8) is 0 Å². The largest absolute Gasteiger partial charge is 0.392 e. The molecule has 5 aliphatic rings. The van der Waals surface area contributed by atoms with Crippen molar-refractivity contribution in [2.75, 3.05) is 6.54 Å². The molecule has 19 nitrogen and oxygen atoms in total. The molecule has 67 heavy (non-hydrogen) atoms. The summed E-state index contributed by atoms with van der Waals surface area (Å²) in [7, 11) is 0. The molecule has 0 aromatic heterocycles. The van der Waals surface area contributed by atoms with Crippen LogP contribution in [0.3, 0.4) is 0 Å². The van der Waals surface area contributed by atoms with Gasteiger partial charge in [0.05, 0.1) is 17.7 Å². The van der Waals surface area contributed by atoms with Gasteiger partial charge >= 0.3 is 0 Å². The molecule has 1 fully saturated rings. The quantitative estimate of drug-likeness (QED) is 0.0857. The number of nitrogens with zero attached hydrogens (tertiary/aromatic N) is 3. The number of rotatable bonds is 20. The smallest absolute Gasteiger partial charge is 0.220 e. The highest BCUT2D eigenvalue weighted by atomic mass is 16.3. The van der Waals surface area contributed by atoms with Gasteiger partial charge in [-0.05, 0) is 70.6 Å². The zero-order valence-corrected chi connectivity index (χ0v) is 40.6. The number of hydrogen-bond acceptors (Lipinski definition) is 12. The molecule has 0 aliphatic carbocycles. The van der Waals surface area contributed by atoms with Gasteiger partial charge in [0.25, 0.3) is 0 Å². The Kier molecular flexibility index (Phi) is 14.9. The Morgan fingerprint density at radius 1 is 0.731 bits per heavy atom. The highest BCUT2D eigenvalue weighted by Gasteiger charge is 2.66. The van der Waals surface area contributed by atoms with Crippen LogP contribution in [0.15, 0.2) is 49.3 Å². The Morgan fingerprint density at radius 2 is 1.28 bits per heavy atom. The first-order chi connectivity index (χ1) is 30.9. The molecule has 1 saturated heterocycles. The molecule has 0 aromatic rings. The summed E-state index contributed by atoms with van der Waals surface area (Å²) in [5, 5.41) is 16.4. The molecule has 15 N–H and O–H groups in total. The standard InChI is InChI=1S/C48H73N11O8/c1-23(60)22-55-38(67)16-17-45(6)29(18-35(52)64)43-48(9)47(8,21-37(54)66)28(12-15-34(51)63)40(59-48)25(3)42-46(7,20-36(53)65)26(10-13-32(49)61)30(56-42)19-31-44(4,5)27(11-14-33(50)62)39(57-31)24(2)41(45)58-43/h19,23,26-29,43,56,60H,10-18,20-22H2,1-9H3,(H2,49,61)(H2,50,62)(H2,51,63)(H2,52,64)(H2,53,65)(H2,54,66)(H,55,67)/b30-19-,39-24-,42-25-/t23?,26-,27-,28-,29+,43?,45-,46+,47+,48-/m1/s1. The van der Waals surface area contributed by atoms with E-state index in [9.17, 15) is 38.7 Å². The summed E-state index contributed by atoms with van der Waals surface area (Å²) in [6.45, 7) is 16.9. The predicted octanol–water partition coefficient (Wildman–Crippen LogP) is 1.74. The maximum Gasteiger partial charge on any atom is 0.220 e. The monoisotopic (exact) mass is 932 g/mol. The molecule has 19 heteroatoms. The van der Waals surface area contributed by atoms with E-state index in [1.807, 2.05) is 61.5 Å². The second kappa shape index (κ2) is 19.1. The van der Waals surface area contributed by atoms with Gasteiger partial charge in [0, 0.05) is 131 Å². The summed E-state index contributed by atoms with van der Waals surface area (Å²) in [6.07, 6.45) is 1.23. The maximum atomic E-state index is 13.5. The first kappa shape index (κ1) is 52.3. The minimum atomic E-state index is -1.39. The molecular weight excluding hydrogens is 859 g/mol. The van der Waals surface area contributed by atoms with Crippen molar-refractivity contribution in [3.8, 4) is 0 Å². The molecule has 0 radical (unpaired) electrons. The van der Waals surface area contributed by atoms with Crippen LogP contribution in [-0.2, 0) is 33.6 Å². The Hall–Kier alpha value is -5.72. The summed E-state index contributed by atoms with van der Waals surface area (Å²) in [5.41, 5.74) is 34.9. The van der Waals surface area contributed by atoms with Gasteiger partial charge in [-0.2, -0.15) is 0 Å². The minimum absolute atomic E-state index is 0.0237. The zero-order valence-electron chi connectivity index (χ0n) is 40.6.